The lowest BCUT2D eigenvalue weighted by atomic mass is 9.87. The highest BCUT2D eigenvalue weighted by Crippen LogP contribution is 2.64. The van der Waals surface area contributed by atoms with Crippen molar-refractivity contribution in [1.82, 2.24) is 5.32 Å². The van der Waals surface area contributed by atoms with Gasteiger partial charge in [-0.05, 0) is 43.4 Å². The van der Waals surface area contributed by atoms with Crippen LogP contribution in [0.4, 0.5) is 0 Å². The minimum absolute atomic E-state index is 0.0199. The molecule has 2 rings (SSSR count). The van der Waals surface area contributed by atoms with Crippen LogP contribution in [0.15, 0.2) is 11.9 Å². The lowest BCUT2D eigenvalue weighted by molar-refractivity contribution is 0.00578. The summed E-state index contributed by atoms with van der Waals surface area (Å²) in [6.45, 7) is 22.2. The SMILES string of the molecule is CC(C)S(C(C)C)(C(C)C)C1NC=C(B2OC(C)(C)C(C)(C)O2)O1. The summed E-state index contributed by atoms with van der Waals surface area (Å²) in [5.41, 5.74) is 0.0970. The van der Waals surface area contributed by atoms with Crippen molar-refractivity contribution in [3.63, 3.8) is 0 Å². The van der Waals surface area contributed by atoms with Crippen LogP contribution in [-0.2, 0) is 14.0 Å². The largest absolute Gasteiger partial charge is 0.533 e. The van der Waals surface area contributed by atoms with E-state index in [1.165, 1.54) is 0 Å². The average molecular weight is 357 g/mol. The highest BCUT2D eigenvalue weighted by molar-refractivity contribution is 8.35. The van der Waals surface area contributed by atoms with Gasteiger partial charge in [-0.25, -0.2) is 0 Å². The van der Waals surface area contributed by atoms with E-state index < -0.39 is 17.1 Å². The molecule has 1 saturated heterocycles. The second kappa shape index (κ2) is 6.44. The van der Waals surface area contributed by atoms with Crippen LogP contribution in [0.2, 0.25) is 0 Å². The summed E-state index contributed by atoms with van der Waals surface area (Å²) in [4.78, 5) is 0. The van der Waals surface area contributed by atoms with Gasteiger partial charge in [-0.2, -0.15) is 10.0 Å². The molecule has 2 heterocycles. The number of hydrogen-bond acceptors (Lipinski definition) is 4. The fourth-order valence-corrected chi connectivity index (χ4v) is 9.33. The van der Waals surface area contributed by atoms with Crippen LogP contribution < -0.4 is 5.32 Å². The Balaban J connectivity index is 2.20. The molecule has 4 nitrogen and oxygen atoms in total. The molecule has 0 aromatic rings. The molecule has 0 radical (unpaired) electrons. The number of ether oxygens (including phenoxy) is 1. The van der Waals surface area contributed by atoms with Crippen molar-refractivity contribution in [2.75, 3.05) is 0 Å². The van der Waals surface area contributed by atoms with E-state index in [2.05, 4.69) is 74.6 Å². The topological polar surface area (TPSA) is 39.7 Å². The van der Waals surface area contributed by atoms with Gasteiger partial charge in [-0.1, -0.05) is 41.5 Å². The predicted molar refractivity (Wildman–Crippen MR) is 105 cm³/mol. The van der Waals surface area contributed by atoms with E-state index in [0.717, 1.165) is 5.66 Å². The molecule has 24 heavy (non-hydrogen) atoms. The van der Waals surface area contributed by atoms with Gasteiger partial charge in [0.1, 0.15) is 5.66 Å². The van der Waals surface area contributed by atoms with Crippen LogP contribution in [0, 0.1) is 0 Å². The second-order valence-corrected chi connectivity index (χ2v) is 13.6. The van der Waals surface area contributed by atoms with Crippen LogP contribution in [-0.4, -0.2) is 39.6 Å². The summed E-state index contributed by atoms with van der Waals surface area (Å²) in [6, 6.07) is 0. The molecule has 140 valence electrons. The standard InChI is InChI=1S/C18H36BNO3S/c1-12(2)24(13(3)4,14(5)6)16-20-11-15(21-16)19-22-17(7,8)18(9,10)23-19/h11-14,16,20H,1-10H3. The van der Waals surface area contributed by atoms with Crippen LogP contribution >= 0.6 is 10.0 Å². The molecule has 1 atom stereocenters. The van der Waals surface area contributed by atoms with E-state index in [9.17, 15) is 0 Å². The number of rotatable bonds is 5. The van der Waals surface area contributed by atoms with Gasteiger partial charge in [-0.3, -0.25) is 0 Å². The zero-order valence-electron chi connectivity index (χ0n) is 17.1. The quantitative estimate of drug-likeness (QED) is 0.741. The lowest BCUT2D eigenvalue weighted by Crippen LogP contribution is -2.43. The molecule has 0 amide bonds. The first-order valence-corrected chi connectivity index (χ1v) is 11.0. The number of hydrogen-bond donors (Lipinski definition) is 1. The zero-order valence-corrected chi connectivity index (χ0v) is 17.9. The van der Waals surface area contributed by atoms with Crippen molar-refractivity contribution in [1.29, 1.82) is 0 Å². The van der Waals surface area contributed by atoms with Crippen LogP contribution in [0.1, 0.15) is 69.2 Å². The van der Waals surface area contributed by atoms with Gasteiger partial charge in [0.25, 0.3) is 0 Å². The van der Waals surface area contributed by atoms with Gasteiger partial charge in [0.2, 0.25) is 5.56 Å². The summed E-state index contributed by atoms with van der Waals surface area (Å²) < 4.78 is 18.7. The Hall–Kier alpha value is -0.325. The minimum Gasteiger partial charge on any atom is -0.469 e. The van der Waals surface area contributed by atoms with Gasteiger partial charge >= 0.3 is 7.12 Å². The monoisotopic (exact) mass is 357 g/mol. The van der Waals surface area contributed by atoms with Gasteiger partial charge in [0.15, 0.2) is 0 Å². The zero-order chi connectivity index (χ0) is 18.5. The Morgan fingerprint density at radius 1 is 0.917 bits per heavy atom. The fourth-order valence-electron chi connectivity index (χ4n) is 4.00. The third-order valence-electron chi connectivity index (χ3n) is 5.91. The molecule has 0 aromatic carbocycles. The summed E-state index contributed by atoms with van der Waals surface area (Å²) in [7, 11) is -1.48. The van der Waals surface area contributed by atoms with Crippen molar-refractivity contribution in [2.24, 2.45) is 0 Å². The van der Waals surface area contributed by atoms with Crippen molar-refractivity contribution in [3.8, 4) is 0 Å². The summed E-state index contributed by atoms with van der Waals surface area (Å²) in [5, 5.41) is 5.23. The van der Waals surface area contributed by atoms with E-state index in [1.54, 1.807) is 0 Å². The maximum atomic E-state index is 6.42. The van der Waals surface area contributed by atoms with E-state index in [1.807, 2.05) is 6.20 Å². The van der Waals surface area contributed by atoms with E-state index in [0.29, 0.717) is 15.7 Å². The van der Waals surface area contributed by atoms with Crippen molar-refractivity contribution in [2.45, 2.75) is 102 Å². The Bertz CT molecular complexity index is 465. The molecule has 2 aliphatic heterocycles. The van der Waals surface area contributed by atoms with Gasteiger partial charge in [0.05, 0.1) is 11.2 Å². The van der Waals surface area contributed by atoms with Crippen LogP contribution in [0.3, 0.4) is 0 Å². The minimum atomic E-state index is -1.04. The normalized spacial score (nSPS) is 26.8. The van der Waals surface area contributed by atoms with Gasteiger partial charge < -0.3 is 19.4 Å². The Kier molecular flexibility index (Phi) is 5.36. The molecule has 2 aliphatic rings. The van der Waals surface area contributed by atoms with Crippen molar-refractivity contribution >= 4 is 17.1 Å². The van der Waals surface area contributed by atoms with E-state index in [-0.39, 0.29) is 16.8 Å². The van der Waals surface area contributed by atoms with Crippen molar-refractivity contribution < 1.29 is 14.0 Å². The van der Waals surface area contributed by atoms with Gasteiger partial charge in [0, 0.05) is 6.20 Å². The van der Waals surface area contributed by atoms with E-state index in [4.69, 9.17) is 14.0 Å². The molecule has 0 spiro atoms. The molecule has 1 N–H and O–H groups in total. The van der Waals surface area contributed by atoms with Crippen molar-refractivity contribution in [3.05, 3.63) is 11.9 Å². The highest BCUT2D eigenvalue weighted by Gasteiger charge is 2.55. The molecule has 0 aliphatic carbocycles. The molecule has 0 bridgehead atoms. The molecular weight excluding hydrogens is 321 g/mol. The second-order valence-electron chi connectivity index (χ2n) is 8.71. The summed E-state index contributed by atoms with van der Waals surface area (Å²) in [6.07, 6.45) is 1.96. The smallest absolute Gasteiger partial charge is 0.469 e. The average Bonchev–Trinajstić information content (AvgIpc) is 2.93. The first-order valence-electron chi connectivity index (χ1n) is 9.13. The maximum Gasteiger partial charge on any atom is 0.533 e. The molecular formula is C18H36BNO3S. The molecule has 0 aromatic heterocycles. The Morgan fingerprint density at radius 2 is 1.33 bits per heavy atom. The number of nitrogens with one attached hydrogen (secondary N) is 1. The predicted octanol–water partition coefficient (Wildman–Crippen LogP) is 4.39. The molecule has 1 unspecified atom stereocenters. The highest BCUT2D eigenvalue weighted by atomic mass is 32.3. The van der Waals surface area contributed by atoms with Crippen LogP contribution in [0.25, 0.3) is 0 Å². The first-order chi connectivity index (χ1) is 10.9. The Morgan fingerprint density at radius 3 is 1.71 bits per heavy atom. The molecule has 1 fully saturated rings. The van der Waals surface area contributed by atoms with Gasteiger partial charge in [-0.15, -0.1) is 0 Å². The van der Waals surface area contributed by atoms with Crippen LogP contribution in [0.5, 0.6) is 0 Å². The Labute approximate surface area is 150 Å². The molecule has 0 saturated carbocycles. The van der Waals surface area contributed by atoms with E-state index >= 15 is 0 Å². The maximum absolute atomic E-state index is 6.42. The lowest BCUT2D eigenvalue weighted by Gasteiger charge is -2.54. The first kappa shape index (κ1) is 20.0. The third kappa shape index (κ3) is 2.99. The summed E-state index contributed by atoms with van der Waals surface area (Å²) in [5.74, 6) is 0. The fraction of sp³-hybridized carbons (Fsp3) is 0.889. The summed E-state index contributed by atoms with van der Waals surface area (Å²) >= 11 is 0. The third-order valence-corrected chi connectivity index (χ3v) is 11.8. The molecule has 6 heteroatoms.